The molecule has 3 unspecified atom stereocenters. The van der Waals surface area contributed by atoms with E-state index in [1.165, 1.54) is 17.8 Å². The van der Waals surface area contributed by atoms with E-state index >= 15 is 0 Å². The van der Waals surface area contributed by atoms with E-state index in [-0.39, 0.29) is 29.9 Å². The van der Waals surface area contributed by atoms with E-state index in [0.29, 0.717) is 36.2 Å². The molecule has 25 heavy (non-hydrogen) atoms. The quantitative estimate of drug-likeness (QED) is 0.250. The predicted octanol–water partition coefficient (Wildman–Crippen LogP) is 1.67. The molecule has 9 heteroatoms. The van der Waals surface area contributed by atoms with Crippen LogP contribution in [-0.4, -0.2) is 54.7 Å². The summed E-state index contributed by atoms with van der Waals surface area (Å²) in [6.45, 7) is 5.72. The van der Waals surface area contributed by atoms with Gasteiger partial charge in [0.15, 0.2) is 5.96 Å². The van der Waals surface area contributed by atoms with Gasteiger partial charge in [-0.2, -0.15) is 0 Å². The normalized spacial score (nSPS) is 24.7. The lowest BCUT2D eigenvalue weighted by atomic mass is 9.96. The number of carbonyl (C=O) groups is 1. The Hall–Kier alpha value is -0.940. The molecule has 1 aromatic heterocycles. The van der Waals surface area contributed by atoms with E-state index in [0.717, 1.165) is 31.0 Å². The molecule has 1 aromatic rings. The Morgan fingerprint density at radius 1 is 1.44 bits per heavy atom. The molecule has 7 nitrogen and oxygen atoms in total. The van der Waals surface area contributed by atoms with Crippen molar-refractivity contribution in [1.29, 1.82) is 0 Å². The third-order valence-corrected chi connectivity index (χ3v) is 5.32. The Morgan fingerprint density at radius 2 is 2.28 bits per heavy atom. The molecule has 2 aliphatic heterocycles. The van der Waals surface area contributed by atoms with E-state index in [9.17, 15) is 4.79 Å². The average Bonchev–Trinajstić information content (AvgIpc) is 3.28. The Morgan fingerprint density at radius 3 is 2.88 bits per heavy atom. The first-order chi connectivity index (χ1) is 11.7. The van der Waals surface area contributed by atoms with Gasteiger partial charge < -0.3 is 20.7 Å². The van der Waals surface area contributed by atoms with Gasteiger partial charge in [-0.25, -0.2) is 4.98 Å². The number of hydrogen-bond acceptors (Lipinski definition) is 5. The lowest BCUT2D eigenvalue weighted by molar-refractivity contribution is 0.0958. The highest BCUT2D eigenvalue weighted by Gasteiger charge is 2.41. The minimum Gasteiger partial charge on any atom is -0.373 e. The monoisotopic (exact) mass is 479 g/mol. The molecule has 0 aromatic carbocycles. The number of amides is 1. The van der Waals surface area contributed by atoms with Crippen LogP contribution in [0.15, 0.2) is 10.5 Å². The smallest absolute Gasteiger partial charge is 0.263 e. The standard InChI is InChI=1S/C16H25N5O2S.HI/c1-3-17-16(21-12-8-11-4-5-13(12)23-11)19-7-6-18-15(22)14-10(2)20-9-24-14;/h9,11-13H,3-8H2,1-2H3,(H,18,22)(H2,17,19,21);1H. The maximum Gasteiger partial charge on any atom is 0.263 e. The number of aromatic nitrogens is 1. The fourth-order valence-electron chi connectivity index (χ4n) is 3.22. The molecule has 3 atom stereocenters. The predicted molar refractivity (Wildman–Crippen MR) is 110 cm³/mol. The van der Waals surface area contributed by atoms with Gasteiger partial charge in [-0.05, 0) is 33.1 Å². The van der Waals surface area contributed by atoms with Crippen molar-refractivity contribution in [2.45, 2.75) is 51.4 Å². The maximum atomic E-state index is 12.0. The number of rotatable bonds is 6. The van der Waals surface area contributed by atoms with Crippen molar-refractivity contribution in [3.05, 3.63) is 16.1 Å². The van der Waals surface area contributed by atoms with Crippen LogP contribution < -0.4 is 16.0 Å². The number of guanidine groups is 1. The van der Waals surface area contributed by atoms with Gasteiger partial charge in [0.25, 0.3) is 5.91 Å². The van der Waals surface area contributed by atoms with Crippen LogP contribution in [0.3, 0.4) is 0 Å². The highest BCUT2D eigenvalue weighted by atomic mass is 127. The third-order valence-electron chi connectivity index (χ3n) is 4.39. The number of thiazole rings is 1. The molecule has 2 saturated heterocycles. The Labute approximate surface area is 169 Å². The summed E-state index contributed by atoms with van der Waals surface area (Å²) in [4.78, 5) is 21.3. The molecule has 2 fully saturated rings. The molecule has 3 rings (SSSR count). The van der Waals surface area contributed by atoms with Gasteiger partial charge in [-0.1, -0.05) is 0 Å². The van der Waals surface area contributed by atoms with Crippen LogP contribution in [0, 0.1) is 6.92 Å². The number of nitrogens with zero attached hydrogens (tertiary/aromatic N) is 2. The van der Waals surface area contributed by atoms with Gasteiger partial charge in [0, 0.05) is 13.1 Å². The number of ether oxygens (including phenoxy) is 1. The maximum absolute atomic E-state index is 12.0. The molecular formula is C16H26IN5O2S. The number of halogens is 1. The number of aryl methyl sites for hydroxylation is 1. The fraction of sp³-hybridized carbons (Fsp3) is 0.688. The summed E-state index contributed by atoms with van der Waals surface area (Å²) in [5.74, 6) is 0.714. The lowest BCUT2D eigenvalue weighted by Gasteiger charge is -2.22. The molecule has 3 heterocycles. The number of nitrogens with one attached hydrogen (secondary N) is 3. The summed E-state index contributed by atoms with van der Waals surface area (Å²) in [7, 11) is 0. The van der Waals surface area contributed by atoms with Crippen LogP contribution in [0.1, 0.15) is 41.6 Å². The lowest BCUT2D eigenvalue weighted by Crippen LogP contribution is -2.47. The van der Waals surface area contributed by atoms with Crippen molar-refractivity contribution >= 4 is 47.2 Å². The van der Waals surface area contributed by atoms with Crippen LogP contribution in [0.5, 0.6) is 0 Å². The largest absolute Gasteiger partial charge is 0.373 e. The Bertz CT molecular complexity index is 609. The van der Waals surface area contributed by atoms with E-state index in [4.69, 9.17) is 4.74 Å². The molecule has 0 radical (unpaired) electrons. The second-order valence-corrected chi connectivity index (χ2v) is 7.00. The Kier molecular flexibility index (Phi) is 7.88. The van der Waals surface area contributed by atoms with E-state index < -0.39 is 0 Å². The summed E-state index contributed by atoms with van der Waals surface area (Å²) in [6.07, 6.45) is 4.09. The molecule has 0 saturated carbocycles. The second kappa shape index (κ2) is 9.67. The second-order valence-electron chi connectivity index (χ2n) is 6.14. The third kappa shape index (κ3) is 5.27. The summed E-state index contributed by atoms with van der Waals surface area (Å²) < 4.78 is 5.87. The van der Waals surface area contributed by atoms with Gasteiger partial charge in [-0.3, -0.25) is 9.79 Å². The van der Waals surface area contributed by atoms with E-state index in [1.807, 2.05) is 13.8 Å². The van der Waals surface area contributed by atoms with Gasteiger partial charge in [0.05, 0.1) is 36.0 Å². The van der Waals surface area contributed by atoms with Crippen LogP contribution in [0.25, 0.3) is 0 Å². The molecule has 1 amide bonds. The van der Waals surface area contributed by atoms with Gasteiger partial charge in [-0.15, -0.1) is 35.3 Å². The number of aliphatic imine (C=N–C) groups is 1. The van der Waals surface area contributed by atoms with Crippen LogP contribution >= 0.6 is 35.3 Å². The van der Waals surface area contributed by atoms with E-state index in [2.05, 4.69) is 25.9 Å². The van der Waals surface area contributed by atoms with Crippen molar-refractivity contribution < 1.29 is 9.53 Å². The van der Waals surface area contributed by atoms with Gasteiger partial charge >= 0.3 is 0 Å². The summed E-state index contributed by atoms with van der Waals surface area (Å²) in [5.41, 5.74) is 2.46. The highest BCUT2D eigenvalue weighted by Crippen LogP contribution is 2.34. The van der Waals surface area contributed by atoms with Crippen LogP contribution in [0.4, 0.5) is 0 Å². The first kappa shape index (κ1) is 20.4. The van der Waals surface area contributed by atoms with Crippen molar-refractivity contribution in [3.8, 4) is 0 Å². The Balaban J connectivity index is 0.00000225. The summed E-state index contributed by atoms with van der Waals surface area (Å²) in [5, 5.41) is 9.61. The molecule has 2 bridgehead atoms. The zero-order valence-corrected chi connectivity index (χ0v) is 17.7. The minimum absolute atomic E-state index is 0. The fourth-order valence-corrected chi connectivity index (χ4v) is 3.94. The first-order valence-electron chi connectivity index (χ1n) is 8.56. The number of carbonyl (C=O) groups excluding carboxylic acids is 1. The van der Waals surface area contributed by atoms with Crippen molar-refractivity contribution in [2.24, 2.45) is 4.99 Å². The summed E-state index contributed by atoms with van der Waals surface area (Å²) >= 11 is 1.36. The topological polar surface area (TPSA) is 87.6 Å². The number of hydrogen-bond donors (Lipinski definition) is 3. The zero-order chi connectivity index (χ0) is 16.9. The van der Waals surface area contributed by atoms with Crippen molar-refractivity contribution in [3.63, 3.8) is 0 Å². The van der Waals surface area contributed by atoms with Crippen LogP contribution in [0.2, 0.25) is 0 Å². The highest BCUT2D eigenvalue weighted by molar-refractivity contribution is 14.0. The van der Waals surface area contributed by atoms with E-state index in [1.54, 1.807) is 5.51 Å². The molecular weight excluding hydrogens is 453 g/mol. The minimum atomic E-state index is -0.0790. The SMILES string of the molecule is CCNC(=NCCNC(=O)c1scnc1C)NC1CC2CCC1O2.I. The molecule has 0 aliphatic carbocycles. The zero-order valence-electron chi connectivity index (χ0n) is 14.6. The van der Waals surface area contributed by atoms with Crippen LogP contribution in [-0.2, 0) is 4.74 Å². The first-order valence-corrected chi connectivity index (χ1v) is 9.44. The molecule has 140 valence electrons. The molecule has 0 spiro atoms. The average molecular weight is 479 g/mol. The molecule has 2 aliphatic rings. The number of fused-ring (bicyclic) bond motifs is 2. The summed E-state index contributed by atoms with van der Waals surface area (Å²) in [6, 6.07) is 0.344. The van der Waals surface area contributed by atoms with Crippen molar-refractivity contribution in [1.82, 2.24) is 20.9 Å². The van der Waals surface area contributed by atoms with Crippen molar-refractivity contribution in [2.75, 3.05) is 19.6 Å². The van der Waals surface area contributed by atoms with Gasteiger partial charge in [0.1, 0.15) is 4.88 Å². The molecule has 3 N–H and O–H groups in total. The van der Waals surface area contributed by atoms with Gasteiger partial charge in [0.2, 0.25) is 0 Å².